The average Bonchev–Trinajstić information content (AvgIpc) is 3.29. The van der Waals surface area contributed by atoms with Gasteiger partial charge in [0.15, 0.2) is 11.6 Å². The van der Waals surface area contributed by atoms with Crippen LogP contribution in [-0.2, 0) is 13.5 Å². The first-order valence-corrected chi connectivity index (χ1v) is 10.8. The van der Waals surface area contributed by atoms with E-state index in [0.29, 0.717) is 40.1 Å². The number of carbonyl (C=O) groups is 1. The SMILES string of the molecule is CCc1cccc(Nc2cc(Nc3cccc(-c4ncn(C)n4)c3OC)c(C(=O)NC)cn2)n1. The molecule has 174 valence electrons. The average molecular weight is 459 g/mol. The van der Waals surface area contributed by atoms with E-state index in [-0.39, 0.29) is 5.91 Å². The lowest BCUT2D eigenvalue weighted by Gasteiger charge is -2.17. The summed E-state index contributed by atoms with van der Waals surface area (Å²) in [5.41, 5.74) is 3.28. The van der Waals surface area contributed by atoms with E-state index in [2.05, 4.69) is 36.0 Å². The Morgan fingerprint density at radius 2 is 1.88 bits per heavy atom. The monoisotopic (exact) mass is 458 g/mol. The van der Waals surface area contributed by atoms with Crippen LogP contribution in [-0.4, -0.2) is 44.8 Å². The van der Waals surface area contributed by atoms with Crippen molar-refractivity contribution in [2.75, 3.05) is 24.8 Å². The molecule has 0 fully saturated rings. The maximum absolute atomic E-state index is 12.5. The Morgan fingerprint density at radius 3 is 2.59 bits per heavy atom. The van der Waals surface area contributed by atoms with Crippen LogP contribution in [0.15, 0.2) is 55.0 Å². The number of pyridine rings is 2. The fraction of sp³-hybridized carbons (Fsp3) is 0.208. The van der Waals surface area contributed by atoms with Crippen LogP contribution in [0.3, 0.4) is 0 Å². The van der Waals surface area contributed by atoms with Crippen LogP contribution in [0, 0.1) is 0 Å². The molecule has 0 radical (unpaired) electrons. The molecule has 1 aromatic carbocycles. The van der Waals surface area contributed by atoms with Crippen LogP contribution in [0.1, 0.15) is 23.0 Å². The first-order valence-electron chi connectivity index (χ1n) is 10.8. The van der Waals surface area contributed by atoms with E-state index in [1.807, 2.05) is 43.3 Å². The van der Waals surface area contributed by atoms with Crippen LogP contribution in [0.4, 0.5) is 23.0 Å². The predicted molar refractivity (Wildman–Crippen MR) is 131 cm³/mol. The summed E-state index contributed by atoms with van der Waals surface area (Å²) in [5.74, 6) is 2.03. The van der Waals surface area contributed by atoms with Gasteiger partial charge in [-0.25, -0.2) is 15.0 Å². The summed E-state index contributed by atoms with van der Waals surface area (Å²) < 4.78 is 7.32. The molecule has 10 nitrogen and oxygen atoms in total. The summed E-state index contributed by atoms with van der Waals surface area (Å²) in [5, 5.41) is 13.6. The molecular formula is C24H26N8O2. The number of anilines is 4. The molecule has 34 heavy (non-hydrogen) atoms. The molecule has 1 amide bonds. The maximum Gasteiger partial charge on any atom is 0.254 e. The molecule has 0 bridgehead atoms. The summed E-state index contributed by atoms with van der Waals surface area (Å²) in [6.07, 6.45) is 3.97. The molecule has 10 heteroatoms. The van der Waals surface area contributed by atoms with Crippen molar-refractivity contribution in [1.29, 1.82) is 0 Å². The minimum atomic E-state index is -0.269. The fourth-order valence-electron chi connectivity index (χ4n) is 3.46. The van der Waals surface area contributed by atoms with Crippen molar-refractivity contribution in [1.82, 2.24) is 30.0 Å². The number of nitrogens with zero attached hydrogens (tertiary/aromatic N) is 5. The Hall–Kier alpha value is -4.47. The number of aromatic nitrogens is 5. The minimum Gasteiger partial charge on any atom is -0.494 e. The van der Waals surface area contributed by atoms with E-state index in [1.54, 1.807) is 38.3 Å². The van der Waals surface area contributed by atoms with Gasteiger partial charge in [-0.2, -0.15) is 5.10 Å². The number of hydrogen-bond acceptors (Lipinski definition) is 8. The van der Waals surface area contributed by atoms with Crippen molar-refractivity contribution in [2.45, 2.75) is 13.3 Å². The van der Waals surface area contributed by atoms with Crippen LogP contribution in [0.25, 0.3) is 11.4 Å². The lowest BCUT2D eigenvalue weighted by molar-refractivity contribution is 0.0963. The number of carbonyl (C=O) groups excluding carboxylic acids is 1. The quantitative estimate of drug-likeness (QED) is 0.366. The van der Waals surface area contributed by atoms with Crippen molar-refractivity contribution in [3.63, 3.8) is 0 Å². The van der Waals surface area contributed by atoms with E-state index in [1.165, 1.54) is 6.20 Å². The van der Waals surface area contributed by atoms with Gasteiger partial charge in [-0.05, 0) is 30.7 Å². The molecule has 3 heterocycles. The zero-order chi connectivity index (χ0) is 24.1. The van der Waals surface area contributed by atoms with Crippen LogP contribution in [0.2, 0.25) is 0 Å². The Bertz CT molecular complexity index is 1320. The highest BCUT2D eigenvalue weighted by molar-refractivity contribution is 6.00. The first kappa shape index (κ1) is 22.7. The van der Waals surface area contributed by atoms with Crippen LogP contribution < -0.4 is 20.7 Å². The Balaban J connectivity index is 1.72. The summed E-state index contributed by atoms with van der Waals surface area (Å²) in [6.45, 7) is 2.05. The van der Waals surface area contributed by atoms with Gasteiger partial charge < -0.3 is 20.7 Å². The molecule has 4 aromatic rings. The molecule has 3 aromatic heterocycles. The number of amides is 1. The van der Waals surface area contributed by atoms with E-state index < -0.39 is 0 Å². The van der Waals surface area contributed by atoms with Gasteiger partial charge in [-0.15, -0.1) is 0 Å². The number of hydrogen-bond donors (Lipinski definition) is 3. The third-order valence-electron chi connectivity index (χ3n) is 5.13. The van der Waals surface area contributed by atoms with Crippen molar-refractivity contribution in [3.8, 4) is 17.1 Å². The molecule has 4 rings (SSSR count). The molecule has 0 saturated carbocycles. The second-order valence-corrected chi connectivity index (χ2v) is 7.44. The lowest BCUT2D eigenvalue weighted by Crippen LogP contribution is -2.19. The van der Waals surface area contributed by atoms with Crippen LogP contribution >= 0.6 is 0 Å². The van der Waals surface area contributed by atoms with E-state index in [9.17, 15) is 4.79 Å². The molecule has 0 aliphatic heterocycles. The number of benzene rings is 1. The van der Waals surface area contributed by atoms with Gasteiger partial charge in [0.25, 0.3) is 5.91 Å². The Morgan fingerprint density at radius 1 is 1.06 bits per heavy atom. The summed E-state index contributed by atoms with van der Waals surface area (Å²) >= 11 is 0. The zero-order valence-corrected chi connectivity index (χ0v) is 19.5. The molecule has 3 N–H and O–H groups in total. The second-order valence-electron chi connectivity index (χ2n) is 7.44. The molecule has 0 aliphatic carbocycles. The third kappa shape index (κ3) is 4.80. The topological polar surface area (TPSA) is 119 Å². The van der Waals surface area contributed by atoms with Gasteiger partial charge in [-0.3, -0.25) is 9.48 Å². The van der Waals surface area contributed by atoms with E-state index in [4.69, 9.17) is 4.74 Å². The van der Waals surface area contributed by atoms with Gasteiger partial charge >= 0.3 is 0 Å². The second kappa shape index (κ2) is 9.99. The summed E-state index contributed by atoms with van der Waals surface area (Å²) in [4.78, 5) is 25.8. The lowest BCUT2D eigenvalue weighted by atomic mass is 10.1. The van der Waals surface area contributed by atoms with Crippen LogP contribution in [0.5, 0.6) is 5.75 Å². The summed E-state index contributed by atoms with van der Waals surface area (Å²) in [6, 6.07) is 13.1. The van der Waals surface area contributed by atoms with E-state index >= 15 is 0 Å². The smallest absolute Gasteiger partial charge is 0.254 e. The number of rotatable bonds is 8. The molecule has 0 atom stereocenters. The molecule has 0 aliphatic rings. The maximum atomic E-state index is 12.5. The first-order chi connectivity index (χ1) is 16.5. The zero-order valence-electron chi connectivity index (χ0n) is 19.5. The molecule has 0 saturated heterocycles. The van der Waals surface area contributed by atoms with Gasteiger partial charge in [0.05, 0.1) is 29.6 Å². The largest absolute Gasteiger partial charge is 0.494 e. The number of ether oxygens (including phenoxy) is 1. The minimum absolute atomic E-state index is 0.269. The van der Waals surface area contributed by atoms with Gasteiger partial charge in [0.1, 0.15) is 18.0 Å². The van der Waals surface area contributed by atoms with Crippen molar-refractivity contribution in [3.05, 3.63) is 66.2 Å². The number of methoxy groups -OCH3 is 1. The van der Waals surface area contributed by atoms with Crippen molar-refractivity contribution < 1.29 is 9.53 Å². The normalized spacial score (nSPS) is 10.6. The molecular weight excluding hydrogens is 432 g/mol. The molecule has 0 spiro atoms. The van der Waals surface area contributed by atoms with Crippen molar-refractivity contribution in [2.24, 2.45) is 7.05 Å². The highest BCUT2D eigenvalue weighted by Crippen LogP contribution is 2.37. The highest BCUT2D eigenvalue weighted by atomic mass is 16.5. The summed E-state index contributed by atoms with van der Waals surface area (Å²) in [7, 11) is 4.96. The van der Waals surface area contributed by atoms with Gasteiger partial charge in [-0.1, -0.05) is 19.1 Å². The highest BCUT2D eigenvalue weighted by Gasteiger charge is 2.18. The van der Waals surface area contributed by atoms with Crippen molar-refractivity contribution >= 4 is 28.9 Å². The number of para-hydroxylation sites is 1. The standard InChI is InChI=1S/C24H26N8O2/c1-5-15-8-6-11-20(28-15)30-21-12-19(17(13-26-21)24(33)25-2)29-18-10-7-9-16(22(18)34-4)23-27-14-32(3)31-23/h6-14H,5H2,1-4H3,(H,25,33)(H2,26,28,29,30). The number of nitrogens with one attached hydrogen (secondary N) is 3. The fourth-order valence-corrected chi connectivity index (χ4v) is 3.46. The predicted octanol–water partition coefficient (Wildman–Crippen LogP) is 3.69. The van der Waals surface area contributed by atoms with E-state index in [0.717, 1.165) is 17.7 Å². The van der Waals surface area contributed by atoms with Gasteiger partial charge in [0, 0.05) is 32.1 Å². The Kier molecular flexibility index (Phi) is 6.67. The molecule has 0 unspecified atom stereocenters. The van der Waals surface area contributed by atoms with Gasteiger partial charge in [0.2, 0.25) is 0 Å². The number of aryl methyl sites for hydroxylation is 2. The Labute approximate surface area is 197 Å². The third-order valence-corrected chi connectivity index (χ3v) is 5.13.